The van der Waals surface area contributed by atoms with E-state index in [1.807, 2.05) is 6.92 Å². The minimum absolute atomic E-state index is 0.704. The van der Waals surface area contributed by atoms with E-state index < -0.39 is 0 Å². The van der Waals surface area contributed by atoms with E-state index >= 15 is 0 Å². The van der Waals surface area contributed by atoms with Crippen LogP contribution in [-0.4, -0.2) is 11.0 Å². The predicted molar refractivity (Wildman–Crippen MR) is 89.4 cm³/mol. The molecule has 0 bridgehead atoms. The first-order chi connectivity index (χ1) is 10.3. The highest BCUT2D eigenvalue weighted by Crippen LogP contribution is 2.27. The molecule has 0 aliphatic heterocycles. The van der Waals surface area contributed by atoms with Crippen LogP contribution in [0.25, 0.3) is 10.9 Å². The number of pyridine rings is 1. The average molecular weight is 282 g/mol. The Morgan fingerprint density at radius 1 is 1.14 bits per heavy atom. The van der Waals surface area contributed by atoms with Crippen LogP contribution >= 0.6 is 0 Å². The van der Waals surface area contributed by atoms with E-state index in [1.165, 1.54) is 43.1 Å². The van der Waals surface area contributed by atoms with Gasteiger partial charge in [-0.15, -0.1) is 0 Å². The van der Waals surface area contributed by atoms with E-state index in [0.717, 1.165) is 23.7 Å². The molecule has 0 radical (unpaired) electrons. The van der Waals surface area contributed by atoms with Crippen LogP contribution in [0, 0.1) is 12.8 Å². The Morgan fingerprint density at radius 3 is 2.86 bits per heavy atom. The van der Waals surface area contributed by atoms with Crippen molar-refractivity contribution in [2.45, 2.75) is 58.5 Å². The van der Waals surface area contributed by atoms with Crippen LogP contribution in [0.5, 0.6) is 0 Å². The summed E-state index contributed by atoms with van der Waals surface area (Å²) in [5.41, 5.74) is 3.55. The topological polar surface area (TPSA) is 24.9 Å². The SMILES string of the molecule is CCC1CCCCC1NCc1ccc2nc(C)ccc2c1. The lowest BCUT2D eigenvalue weighted by atomic mass is 9.83. The molecule has 112 valence electrons. The molecule has 1 aliphatic rings. The van der Waals surface area contributed by atoms with E-state index in [2.05, 4.69) is 47.6 Å². The molecule has 2 nitrogen and oxygen atoms in total. The van der Waals surface area contributed by atoms with Gasteiger partial charge in [0.05, 0.1) is 5.52 Å². The number of rotatable bonds is 4. The van der Waals surface area contributed by atoms with Gasteiger partial charge in [-0.05, 0) is 49.4 Å². The highest BCUT2D eigenvalue weighted by atomic mass is 14.9. The van der Waals surface area contributed by atoms with Gasteiger partial charge >= 0.3 is 0 Å². The van der Waals surface area contributed by atoms with Crippen molar-refractivity contribution in [3.63, 3.8) is 0 Å². The second-order valence-electron chi connectivity index (χ2n) is 6.42. The van der Waals surface area contributed by atoms with Gasteiger partial charge in [0.2, 0.25) is 0 Å². The van der Waals surface area contributed by atoms with Crippen molar-refractivity contribution in [3.8, 4) is 0 Å². The Kier molecular flexibility index (Phi) is 4.54. The lowest BCUT2D eigenvalue weighted by Gasteiger charge is -2.31. The summed E-state index contributed by atoms with van der Waals surface area (Å²) in [4.78, 5) is 4.57. The minimum Gasteiger partial charge on any atom is -0.310 e. The van der Waals surface area contributed by atoms with E-state index in [-0.39, 0.29) is 0 Å². The van der Waals surface area contributed by atoms with Crippen LogP contribution in [0.15, 0.2) is 30.3 Å². The summed E-state index contributed by atoms with van der Waals surface area (Å²) in [6.07, 6.45) is 6.84. The van der Waals surface area contributed by atoms with E-state index in [4.69, 9.17) is 0 Å². The Hall–Kier alpha value is -1.41. The smallest absolute Gasteiger partial charge is 0.0705 e. The first kappa shape index (κ1) is 14.5. The normalized spacial score (nSPS) is 22.6. The number of aromatic nitrogens is 1. The molecular formula is C19H26N2. The summed E-state index contributed by atoms with van der Waals surface area (Å²) >= 11 is 0. The fourth-order valence-electron chi connectivity index (χ4n) is 3.60. The van der Waals surface area contributed by atoms with Crippen molar-refractivity contribution in [1.82, 2.24) is 10.3 Å². The maximum atomic E-state index is 4.57. The number of nitrogens with zero attached hydrogens (tertiary/aromatic N) is 1. The maximum Gasteiger partial charge on any atom is 0.0705 e. The predicted octanol–water partition coefficient (Wildman–Crippen LogP) is 4.60. The monoisotopic (exact) mass is 282 g/mol. The van der Waals surface area contributed by atoms with Crippen LogP contribution in [0.1, 0.15) is 50.3 Å². The summed E-state index contributed by atoms with van der Waals surface area (Å²) in [7, 11) is 0. The average Bonchev–Trinajstić information content (AvgIpc) is 2.53. The van der Waals surface area contributed by atoms with Gasteiger partial charge in [0.25, 0.3) is 0 Å². The molecule has 1 aromatic carbocycles. The molecule has 1 aromatic heterocycles. The van der Waals surface area contributed by atoms with Gasteiger partial charge in [0.1, 0.15) is 0 Å². The lowest BCUT2D eigenvalue weighted by molar-refractivity contribution is 0.254. The maximum absolute atomic E-state index is 4.57. The number of hydrogen-bond donors (Lipinski definition) is 1. The summed E-state index contributed by atoms with van der Waals surface area (Å²) in [5, 5.41) is 5.04. The van der Waals surface area contributed by atoms with Gasteiger partial charge in [0.15, 0.2) is 0 Å². The Morgan fingerprint density at radius 2 is 2.00 bits per heavy atom. The molecule has 2 heteroatoms. The van der Waals surface area contributed by atoms with Crippen molar-refractivity contribution in [2.75, 3.05) is 0 Å². The Bertz CT molecular complexity index is 606. The number of hydrogen-bond acceptors (Lipinski definition) is 2. The molecule has 1 heterocycles. The third kappa shape index (κ3) is 3.44. The van der Waals surface area contributed by atoms with E-state index in [9.17, 15) is 0 Å². The van der Waals surface area contributed by atoms with Gasteiger partial charge in [0, 0.05) is 23.7 Å². The zero-order chi connectivity index (χ0) is 14.7. The molecule has 1 aliphatic carbocycles. The first-order valence-electron chi connectivity index (χ1n) is 8.36. The third-order valence-corrected chi connectivity index (χ3v) is 4.89. The second-order valence-corrected chi connectivity index (χ2v) is 6.42. The molecule has 1 fully saturated rings. The van der Waals surface area contributed by atoms with Gasteiger partial charge in [-0.25, -0.2) is 0 Å². The molecule has 0 spiro atoms. The Labute approximate surface area is 128 Å². The summed E-state index contributed by atoms with van der Waals surface area (Å²) in [5.74, 6) is 0.864. The van der Waals surface area contributed by atoms with Gasteiger partial charge in [-0.3, -0.25) is 4.98 Å². The molecular weight excluding hydrogens is 256 g/mol. The highest BCUT2D eigenvalue weighted by Gasteiger charge is 2.22. The second kappa shape index (κ2) is 6.57. The van der Waals surface area contributed by atoms with Crippen molar-refractivity contribution in [1.29, 1.82) is 0 Å². The summed E-state index contributed by atoms with van der Waals surface area (Å²) in [6, 6.07) is 11.6. The van der Waals surface area contributed by atoms with Crippen LogP contribution in [0.4, 0.5) is 0 Å². The van der Waals surface area contributed by atoms with Crippen molar-refractivity contribution < 1.29 is 0 Å². The van der Waals surface area contributed by atoms with Crippen LogP contribution < -0.4 is 5.32 Å². The fraction of sp³-hybridized carbons (Fsp3) is 0.526. The minimum atomic E-state index is 0.704. The van der Waals surface area contributed by atoms with Crippen LogP contribution in [-0.2, 0) is 6.54 Å². The van der Waals surface area contributed by atoms with Crippen molar-refractivity contribution in [2.24, 2.45) is 5.92 Å². The first-order valence-corrected chi connectivity index (χ1v) is 8.36. The molecule has 2 atom stereocenters. The third-order valence-electron chi connectivity index (χ3n) is 4.89. The molecule has 3 rings (SSSR count). The standard InChI is InChI=1S/C19H26N2/c1-3-16-6-4-5-7-18(16)20-13-15-9-11-19-17(12-15)10-8-14(2)21-19/h8-12,16,18,20H,3-7,13H2,1-2H3. The van der Waals surface area contributed by atoms with Crippen LogP contribution in [0.3, 0.4) is 0 Å². The lowest BCUT2D eigenvalue weighted by Crippen LogP contribution is -2.37. The quantitative estimate of drug-likeness (QED) is 0.886. The Balaban J connectivity index is 1.68. The molecule has 0 amide bonds. The summed E-state index contributed by atoms with van der Waals surface area (Å²) < 4.78 is 0. The van der Waals surface area contributed by atoms with Crippen molar-refractivity contribution >= 4 is 10.9 Å². The van der Waals surface area contributed by atoms with Crippen molar-refractivity contribution in [3.05, 3.63) is 41.6 Å². The molecule has 1 N–H and O–H groups in total. The van der Waals surface area contributed by atoms with Gasteiger partial charge in [-0.1, -0.05) is 38.3 Å². The number of benzene rings is 1. The number of aryl methyl sites for hydroxylation is 1. The number of nitrogens with one attached hydrogen (secondary N) is 1. The van der Waals surface area contributed by atoms with E-state index in [1.54, 1.807) is 0 Å². The largest absolute Gasteiger partial charge is 0.310 e. The molecule has 21 heavy (non-hydrogen) atoms. The zero-order valence-electron chi connectivity index (χ0n) is 13.2. The molecule has 2 unspecified atom stereocenters. The molecule has 0 saturated heterocycles. The number of fused-ring (bicyclic) bond motifs is 1. The van der Waals surface area contributed by atoms with Gasteiger partial charge in [-0.2, -0.15) is 0 Å². The summed E-state index contributed by atoms with van der Waals surface area (Å²) in [6.45, 7) is 5.35. The zero-order valence-corrected chi connectivity index (χ0v) is 13.2. The molecule has 2 aromatic rings. The van der Waals surface area contributed by atoms with Crippen LogP contribution in [0.2, 0.25) is 0 Å². The fourth-order valence-corrected chi connectivity index (χ4v) is 3.60. The molecule has 1 saturated carbocycles. The van der Waals surface area contributed by atoms with Gasteiger partial charge < -0.3 is 5.32 Å². The highest BCUT2D eigenvalue weighted by molar-refractivity contribution is 5.79. The van der Waals surface area contributed by atoms with E-state index in [0.29, 0.717) is 6.04 Å².